The van der Waals surface area contributed by atoms with E-state index in [1.807, 2.05) is 0 Å². The summed E-state index contributed by atoms with van der Waals surface area (Å²) in [4.78, 5) is 11.0. The third-order valence-electron chi connectivity index (χ3n) is 2.49. The normalized spacial score (nSPS) is 31.8. The molecular formula is C9H16NO. The van der Waals surface area contributed by atoms with Crippen molar-refractivity contribution >= 4 is 5.78 Å². The van der Waals surface area contributed by atoms with Gasteiger partial charge in [-0.2, -0.15) is 0 Å². The van der Waals surface area contributed by atoms with Crippen molar-refractivity contribution in [3.05, 3.63) is 0 Å². The molecule has 1 radical (unpaired) electrons. The fourth-order valence-electron chi connectivity index (χ4n) is 1.59. The highest BCUT2D eigenvalue weighted by molar-refractivity contribution is 5.81. The van der Waals surface area contributed by atoms with Crippen molar-refractivity contribution in [3.8, 4) is 0 Å². The van der Waals surface area contributed by atoms with E-state index >= 15 is 0 Å². The van der Waals surface area contributed by atoms with Gasteiger partial charge >= 0.3 is 0 Å². The number of hydrogen-bond acceptors (Lipinski definition) is 1. The van der Waals surface area contributed by atoms with Crippen molar-refractivity contribution in [2.75, 3.05) is 6.54 Å². The van der Waals surface area contributed by atoms with E-state index < -0.39 is 0 Å². The molecule has 0 saturated carbocycles. The summed E-state index contributed by atoms with van der Waals surface area (Å²) >= 11 is 0. The molecule has 1 aliphatic heterocycles. The van der Waals surface area contributed by atoms with Crippen molar-refractivity contribution in [1.29, 1.82) is 0 Å². The first kappa shape index (κ1) is 8.72. The second kappa shape index (κ2) is 3.86. The molecule has 1 saturated heterocycles. The minimum Gasteiger partial charge on any atom is -0.298 e. The summed E-state index contributed by atoms with van der Waals surface area (Å²) in [6.07, 6.45) is 3.37. The van der Waals surface area contributed by atoms with Gasteiger partial charge in [0.15, 0.2) is 0 Å². The molecule has 1 fully saturated rings. The topological polar surface area (TPSA) is 31.2 Å². The van der Waals surface area contributed by atoms with Gasteiger partial charge in [0.2, 0.25) is 0 Å². The van der Waals surface area contributed by atoms with Gasteiger partial charge in [-0.3, -0.25) is 4.79 Å². The van der Waals surface area contributed by atoms with Crippen LogP contribution in [-0.4, -0.2) is 18.4 Å². The highest BCUT2D eigenvalue weighted by Gasteiger charge is 2.23. The summed E-state index contributed by atoms with van der Waals surface area (Å²) in [6, 6.07) is 0.0219. The first-order valence-corrected chi connectivity index (χ1v) is 4.41. The fourth-order valence-corrected chi connectivity index (χ4v) is 1.59. The lowest BCUT2D eigenvalue weighted by atomic mass is 9.89. The Morgan fingerprint density at radius 3 is 2.91 bits per heavy atom. The SMILES string of the molecule is CCC1CC[N]C(C(C)=O)C1. The van der Waals surface area contributed by atoms with E-state index in [9.17, 15) is 4.79 Å². The number of rotatable bonds is 2. The van der Waals surface area contributed by atoms with E-state index in [0.29, 0.717) is 0 Å². The molecule has 2 unspecified atom stereocenters. The summed E-state index contributed by atoms with van der Waals surface area (Å²) in [5.41, 5.74) is 0. The molecule has 2 heteroatoms. The maximum Gasteiger partial charge on any atom is 0.148 e. The smallest absolute Gasteiger partial charge is 0.148 e. The van der Waals surface area contributed by atoms with Crippen molar-refractivity contribution < 1.29 is 4.79 Å². The zero-order valence-electron chi connectivity index (χ0n) is 7.34. The largest absolute Gasteiger partial charge is 0.298 e. The van der Waals surface area contributed by atoms with Gasteiger partial charge in [-0.15, -0.1) is 0 Å². The number of Topliss-reactive ketones (excluding diaryl/α,β-unsaturated/α-hetero) is 1. The van der Waals surface area contributed by atoms with Gasteiger partial charge in [-0.25, -0.2) is 5.32 Å². The number of carbonyl (C=O) groups excluding carboxylic acids is 1. The van der Waals surface area contributed by atoms with Crippen molar-refractivity contribution in [1.82, 2.24) is 5.32 Å². The van der Waals surface area contributed by atoms with Gasteiger partial charge in [0.05, 0.1) is 6.04 Å². The second-order valence-corrected chi connectivity index (χ2v) is 3.33. The van der Waals surface area contributed by atoms with Crippen molar-refractivity contribution in [2.24, 2.45) is 5.92 Å². The number of nitrogens with zero attached hydrogens (tertiary/aromatic N) is 1. The van der Waals surface area contributed by atoms with Gasteiger partial charge < -0.3 is 0 Å². The van der Waals surface area contributed by atoms with Crippen LogP contribution in [0.3, 0.4) is 0 Å². The van der Waals surface area contributed by atoms with Crippen molar-refractivity contribution in [2.45, 2.75) is 39.2 Å². The molecule has 0 amide bonds. The molecule has 2 nitrogen and oxygen atoms in total. The predicted molar refractivity (Wildman–Crippen MR) is 44.5 cm³/mol. The molecular weight excluding hydrogens is 138 g/mol. The summed E-state index contributed by atoms with van der Waals surface area (Å²) in [5.74, 6) is 0.976. The van der Waals surface area contributed by atoms with Crippen LogP contribution in [0.1, 0.15) is 33.1 Å². The quantitative estimate of drug-likeness (QED) is 0.591. The Labute approximate surface area is 68.4 Å². The van der Waals surface area contributed by atoms with Crippen LogP contribution in [0.5, 0.6) is 0 Å². The van der Waals surface area contributed by atoms with E-state index in [0.717, 1.165) is 18.9 Å². The van der Waals surface area contributed by atoms with E-state index in [-0.39, 0.29) is 11.8 Å². The fraction of sp³-hybridized carbons (Fsp3) is 0.889. The Morgan fingerprint density at radius 2 is 2.36 bits per heavy atom. The third-order valence-corrected chi connectivity index (χ3v) is 2.49. The number of hydrogen-bond donors (Lipinski definition) is 0. The molecule has 0 aromatic heterocycles. The van der Waals surface area contributed by atoms with E-state index in [4.69, 9.17) is 0 Å². The summed E-state index contributed by atoms with van der Waals surface area (Å²) in [5, 5.41) is 4.28. The van der Waals surface area contributed by atoms with Gasteiger partial charge in [0.25, 0.3) is 0 Å². The van der Waals surface area contributed by atoms with Crippen LogP contribution in [0.25, 0.3) is 0 Å². The minimum atomic E-state index is 0.0219. The Balaban J connectivity index is 2.39. The molecule has 2 atom stereocenters. The molecule has 0 bridgehead atoms. The lowest BCUT2D eigenvalue weighted by molar-refractivity contribution is -0.119. The first-order valence-electron chi connectivity index (χ1n) is 4.41. The van der Waals surface area contributed by atoms with Gasteiger partial charge in [-0.1, -0.05) is 13.3 Å². The standard InChI is InChI=1S/C9H16NO/c1-3-8-4-5-10-9(6-8)7(2)11/h8-9H,3-6H2,1-2H3. The summed E-state index contributed by atoms with van der Waals surface area (Å²) < 4.78 is 0. The predicted octanol–water partition coefficient (Wildman–Crippen LogP) is 1.37. The van der Waals surface area contributed by atoms with Crippen LogP contribution in [0.2, 0.25) is 0 Å². The molecule has 1 aliphatic rings. The van der Waals surface area contributed by atoms with E-state index in [2.05, 4.69) is 12.2 Å². The molecule has 0 N–H and O–H groups in total. The lowest BCUT2D eigenvalue weighted by Gasteiger charge is -2.26. The Hall–Kier alpha value is -0.370. The average molecular weight is 154 g/mol. The number of piperidine rings is 1. The minimum absolute atomic E-state index is 0.0219. The average Bonchev–Trinajstić information content (AvgIpc) is 2.05. The molecule has 1 rings (SSSR count). The Morgan fingerprint density at radius 1 is 1.64 bits per heavy atom. The first-order chi connectivity index (χ1) is 5.24. The molecule has 0 aliphatic carbocycles. The van der Waals surface area contributed by atoms with Crippen LogP contribution in [0.4, 0.5) is 0 Å². The van der Waals surface area contributed by atoms with Crippen LogP contribution < -0.4 is 5.32 Å². The maximum atomic E-state index is 11.0. The maximum absolute atomic E-state index is 11.0. The monoisotopic (exact) mass is 154 g/mol. The zero-order valence-corrected chi connectivity index (χ0v) is 7.34. The van der Waals surface area contributed by atoms with Gasteiger partial charge in [0.1, 0.15) is 5.78 Å². The molecule has 63 valence electrons. The Kier molecular flexibility index (Phi) is 3.06. The second-order valence-electron chi connectivity index (χ2n) is 3.33. The van der Waals surface area contributed by atoms with Crippen LogP contribution in [-0.2, 0) is 4.79 Å². The zero-order chi connectivity index (χ0) is 8.27. The van der Waals surface area contributed by atoms with Crippen LogP contribution in [0.15, 0.2) is 0 Å². The summed E-state index contributed by atoms with van der Waals surface area (Å²) in [7, 11) is 0. The number of ketones is 1. The Bertz CT molecular complexity index is 144. The lowest BCUT2D eigenvalue weighted by Crippen LogP contribution is -2.37. The molecule has 1 heterocycles. The molecule has 0 aromatic carbocycles. The molecule has 0 spiro atoms. The molecule has 0 aromatic rings. The van der Waals surface area contributed by atoms with E-state index in [1.165, 1.54) is 12.8 Å². The van der Waals surface area contributed by atoms with Crippen molar-refractivity contribution in [3.63, 3.8) is 0 Å². The summed E-state index contributed by atoms with van der Waals surface area (Å²) in [6.45, 7) is 4.72. The van der Waals surface area contributed by atoms with Gasteiger partial charge in [-0.05, 0) is 25.7 Å². The highest BCUT2D eigenvalue weighted by Crippen LogP contribution is 2.20. The van der Waals surface area contributed by atoms with Crippen LogP contribution >= 0.6 is 0 Å². The number of carbonyl (C=O) groups is 1. The van der Waals surface area contributed by atoms with Crippen LogP contribution in [0, 0.1) is 5.92 Å². The third kappa shape index (κ3) is 2.29. The van der Waals surface area contributed by atoms with Gasteiger partial charge in [0, 0.05) is 6.54 Å². The molecule has 11 heavy (non-hydrogen) atoms. The highest BCUT2D eigenvalue weighted by atomic mass is 16.1. The van der Waals surface area contributed by atoms with E-state index in [1.54, 1.807) is 6.92 Å².